The van der Waals surface area contributed by atoms with E-state index in [1.807, 2.05) is 55.7 Å². The van der Waals surface area contributed by atoms with Crippen LogP contribution in [0.1, 0.15) is 5.56 Å². The summed E-state index contributed by atoms with van der Waals surface area (Å²) >= 11 is 1.35. The summed E-state index contributed by atoms with van der Waals surface area (Å²) in [6.45, 7) is 0. The minimum absolute atomic E-state index is 0.129. The van der Waals surface area contributed by atoms with Gasteiger partial charge in [0.15, 0.2) is 5.17 Å². The van der Waals surface area contributed by atoms with E-state index in [1.54, 1.807) is 7.11 Å². The van der Waals surface area contributed by atoms with E-state index in [9.17, 15) is 4.79 Å². The van der Waals surface area contributed by atoms with Gasteiger partial charge >= 0.3 is 0 Å². The van der Waals surface area contributed by atoms with Crippen LogP contribution in [-0.4, -0.2) is 22.8 Å². The first-order valence-electron chi connectivity index (χ1n) is 8.12. The highest BCUT2D eigenvalue weighted by atomic mass is 32.2. The van der Waals surface area contributed by atoms with Gasteiger partial charge in [-0.05, 0) is 48.2 Å². The summed E-state index contributed by atoms with van der Waals surface area (Å²) in [6.07, 6.45) is 3.95. The Labute approximate surface area is 155 Å². The molecule has 4 rings (SSSR count). The molecule has 1 aliphatic rings. The molecule has 0 unspecified atom stereocenters. The molecule has 0 saturated carbocycles. The van der Waals surface area contributed by atoms with Crippen molar-refractivity contribution in [3.8, 4) is 5.75 Å². The summed E-state index contributed by atoms with van der Waals surface area (Å²) in [5.74, 6) is 0.642. The van der Waals surface area contributed by atoms with E-state index in [0.717, 1.165) is 27.9 Å². The molecule has 0 aliphatic carbocycles. The number of aliphatic imine (C=N–C) groups is 1. The molecule has 2 aromatic carbocycles. The molecule has 1 amide bonds. The molecule has 0 spiro atoms. The highest BCUT2D eigenvalue weighted by Crippen LogP contribution is 2.31. The average molecular weight is 363 g/mol. The molecule has 0 radical (unpaired) electrons. The van der Waals surface area contributed by atoms with Crippen molar-refractivity contribution >= 4 is 45.5 Å². The van der Waals surface area contributed by atoms with Gasteiger partial charge in [0, 0.05) is 29.7 Å². The monoisotopic (exact) mass is 363 g/mol. The van der Waals surface area contributed by atoms with Crippen LogP contribution in [0.3, 0.4) is 0 Å². The minimum Gasteiger partial charge on any atom is -0.497 e. The zero-order valence-corrected chi connectivity index (χ0v) is 15.2. The topological polar surface area (TPSA) is 55.6 Å². The Morgan fingerprint density at radius 3 is 2.69 bits per heavy atom. The van der Waals surface area contributed by atoms with Crippen LogP contribution >= 0.6 is 11.8 Å². The van der Waals surface area contributed by atoms with E-state index in [-0.39, 0.29) is 5.91 Å². The van der Waals surface area contributed by atoms with Crippen LogP contribution in [0.4, 0.5) is 5.69 Å². The maximum absolute atomic E-state index is 12.3. The number of para-hydroxylation sites is 1. The fourth-order valence-electron chi connectivity index (χ4n) is 2.88. The number of carbonyl (C=O) groups excluding carboxylic acids is 1. The fraction of sp³-hybridized carbons (Fsp3) is 0.100. The maximum atomic E-state index is 12.3. The van der Waals surface area contributed by atoms with Gasteiger partial charge in [-0.25, -0.2) is 4.99 Å². The lowest BCUT2D eigenvalue weighted by molar-refractivity contribution is -0.115. The molecule has 0 bridgehead atoms. The first-order valence-corrected chi connectivity index (χ1v) is 8.93. The molecule has 6 heteroatoms. The van der Waals surface area contributed by atoms with Crippen LogP contribution in [-0.2, 0) is 11.8 Å². The van der Waals surface area contributed by atoms with Gasteiger partial charge in [0.05, 0.1) is 17.7 Å². The number of aromatic nitrogens is 1. The second kappa shape index (κ2) is 6.72. The number of hydrogen-bond acceptors (Lipinski definition) is 4. The third-order valence-electron chi connectivity index (χ3n) is 4.17. The number of thioether (sulfide) groups is 1. The highest BCUT2D eigenvalue weighted by Gasteiger charge is 2.24. The lowest BCUT2D eigenvalue weighted by Gasteiger charge is -1.99. The number of benzene rings is 2. The quantitative estimate of drug-likeness (QED) is 0.714. The number of fused-ring (bicyclic) bond motifs is 1. The summed E-state index contributed by atoms with van der Waals surface area (Å²) in [5, 5.41) is 4.52. The molecule has 0 atom stereocenters. The Kier molecular flexibility index (Phi) is 4.26. The molecule has 3 aromatic rings. The Hall–Kier alpha value is -2.99. The number of aryl methyl sites for hydroxylation is 1. The Morgan fingerprint density at radius 2 is 1.92 bits per heavy atom. The summed E-state index contributed by atoms with van der Waals surface area (Å²) in [4.78, 5) is 17.4. The zero-order valence-electron chi connectivity index (χ0n) is 14.4. The Morgan fingerprint density at radius 1 is 1.15 bits per heavy atom. The highest BCUT2D eigenvalue weighted by molar-refractivity contribution is 8.18. The van der Waals surface area contributed by atoms with Gasteiger partial charge in [0.25, 0.3) is 5.91 Å². The van der Waals surface area contributed by atoms with Crippen LogP contribution in [0.2, 0.25) is 0 Å². The first kappa shape index (κ1) is 16.5. The van der Waals surface area contributed by atoms with Crippen LogP contribution in [0.25, 0.3) is 17.0 Å². The summed E-state index contributed by atoms with van der Waals surface area (Å²) < 4.78 is 7.20. The van der Waals surface area contributed by atoms with E-state index in [4.69, 9.17) is 4.74 Å². The Balaban J connectivity index is 1.62. The van der Waals surface area contributed by atoms with Crippen molar-refractivity contribution in [3.63, 3.8) is 0 Å². The zero-order chi connectivity index (χ0) is 18.1. The van der Waals surface area contributed by atoms with Crippen molar-refractivity contribution in [2.24, 2.45) is 12.0 Å². The number of amides is 1. The van der Waals surface area contributed by atoms with E-state index in [1.165, 1.54) is 11.8 Å². The number of nitrogens with zero attached hydrogens (tertiary/aromatic N) is 2. The number of hydrogen-bond donors (Lipinski definition) is 1. The van der Waals surface area contributed by atoms with Crippen molar-refractivity contribution in [3.05, 3.63) is 65.2 Å². The van der Waals surface area contributed by atoms with Crippen LogP contribution in [0.15, 0.2) is 64.6 Å². The molecule has 1 saturated heterocycles. The molecule has 5 nitrogen and oxygen atoms in total. The van der Waals surface area contributed by atoms with Gasteiger partial charge < -0.3 is 14.6 Å². The van der Waals surface area contributed by atoms with E-state index in [0.29, 0.717) is 10.1 Å². The van der Waals surface area contributed by atoms with Crippen LogP contribution < -0.4 is 10.1 Å². The molecule has 1 N–H and O–H groups in total. The van der Waals surface area contributed by atoms with Gasteiger partial charge in [0.1, 0.15) is 5.75 Å². The third kappa shape index (κ3) is 3.11. The number of ether oxygens (including phenoxy) is 1. The van der Waals surface area contributed by atoms with Gasteiger partial charge in [-0.3, -0.25) is 4.79 Å². The number of carbonyl (C=O) groups is 1. The predicted molar refractivity (Wildman–Crippen MR) is 107 cm³/mol. The van der Waals surface area contributed by atoms with Gasteiger partial charge in [-0.1, -0.05) is 18.2 Å². The van der Waals surface area contributed by atoms with Crippen molar-refractivity contribution in [1.29, 1.82) is 0 Å². The van der Waals surface area contributed by atoms with Crippen molar-refractivity contribution in [2.75, 3.05) is 7.11 Å². The number of rotatable bonds is 3. The molecule has 1 aromatic heterocycles. The first-order chi connectivity index (χ1) is 12.6. The standard InChI is InChI=1S/C20H17N3O2S/c1-23-12-13(16-5-3-4-6-17(16)23)11-18-19(24)22-20(26-18)21-14-7-9-15(25-2)10-8-14/h3-12H,1-2H3,(H,21,22,24)/b18-11-. The molecule has 130 valence electrons. The van der Waals surface area contributed by atoms with E-state index >= 15 is 0 Å². The lowest BCUT2D eigenvalue weighted by Crippen LogP contribution is -2.19. The minimum atomic E-state index is -0.129. The second-order valence-electron chi connectivity index (χ2n) is 5.89. The number of amidine groups is 1. The van der Waals surface area contributed by atoms with Crippen molar-refractivity contribution < 1.29 is 9.53 Å². The summed E-state index contributed by atoms with van der Waals surface area (Å²) in [7, 11) is 3.63. The molecule has 1 aliphatic heterocycles. The average Bonchev–Trinajstić information content (AvgIpc) is 3.16. The summed E-state index contributed by atoms with van der Waals surface area (Å²) in [6, 6.07) is 15.5. The third-order valence-corrected chi connectivity index (χ3v) is 5.08. The van der Waals surface area contributed by atoms with Crippen LogP contribution in [0, 0.1) is 0 Å². The molecule has 2 heterocycles. The molecular weight excluding hydrogens is 346 g/mol. The van der Waals surface area contributed by atoms with E-state index in [2.05, 4.69) is 27.0 Å². The number of nitrogens with one attached hydrogen (secondary N) is 1. The van der Waals surface area contributed by atoms with Crippen molar-refractivity contribution in [2.45, 2.75) is 0 Å². The molecule has 1 fully saturated rings. The maximum Gasteiger partial charge on any atom is 0.264 e. The predicted octanol–water partition coefficient (Wildman–Crippen LogP) is 4.08. The van der Waals surface area contributed by atoms with Gasteiger partial charge in [-0.2, -0.15) is 0 Å². The SMILES string of the molecule is COc1ccc(N=C2NC(=O)/C(=C/c3cn(C)c4ccccc34)S2)cc1. The summed E-state index contributed by atoms with van der Waals surface area (Å²) in [5.41, 5.74) is 2.92. The lowest BCUT2D eigenvalue weighted by atomic mass is 10.1. The van der Waals surface area contributed by atoms with Gasteiger partial charge in [0.2, 0.25) is 0 Å². The smallest absolute Gasteiger partial charge is 0.264 e. The van der Waals surface area contributed by atoms with Crippen molar-refractivity contribution in [1.82, 2.24) is 9.88 Å². The largest absolute Gasteiger partial charge is 0.497 e. The van der Waals surface area contributed by atoms with E-state index < -0.39 is 0 Å². The normalized spacial score (nSPS) is 17.2. The fourth-order valence-corrected chi connectivity index (χ4v) is 3.72. The Bertz CT molecular complexity index is 1050. The van der Waals surface area contributed by atoms with Crippen LogP contribution in [0.5, 0.6) is 5.75 Å². The van der Waals surface area contributed by atoms with Gasteiger partial charge in [-0.15, -0.1) is 0 Å². The molecular formula is C20H17N3O2S. The number of methoxy groups -OCH3 is 1. The molecule has 26 heavy (non-hydrogen) atoms. The second-order valence-corrected chi connectivity index (χ2v) is 6.92.